The van der Waals surface area contributed by atoms with Gasteiger partial charge in [0, 0.05) is 42.7 Å². The summed E-state index contributed by atoms with van der Waals surface area (Å²) in [5, 5.41) is 17.6. The lowest BCUT2D eigenvalue weighted by Crippen LogP contribution is -2.45. The number of nitrogens with zero attached hydrogens (tertiary/aromatic N) is 3. The molecule has 0 saturated heterocycles. The van der Waals surface area contributed by atoms with Gasteiger partial charge in [-0.3, -0.25) is 0 Å². The van der Waals surface area contributed by atoms with Crippen LogP contribution in [0.25, 0.3) is 11.3 Å². The molecule has 0 unspecified atom stereocenters. The summed E-state index contributed by atoms with van der Waals surface area (Å²) in [6.45, 7) is 18.9. The Morgan fingerprint density at radius 1 is 1.16 bits per heavy atom. The fourth-order valence-electron chi connectivity index (χ4n) is 4.61. The lowest BCUT2D eigenvalue weighted by atomic mass is 9.83. The third-order valence-corrected chi connectivity index (χ3v) is 14.5. The van der Waals surface area contributed by atoms with Crippen molar-refractivity contribution in [1.29, 1.82) is 5.26 Å². The number of ether oxygens (including phenoxy) is 2. The molecule has 0 bridgehead atoms. The summed E-state index contributed by atoms with van der Waals surface area (Å²) in [5.41, 5.74) is 4.36. The maximum Gasteiger partial charge on any atom is 0.227 e. The molecule has 1 aliphatic rings. The van der Waals surface area contributed by atoms with Gasteiger partial charge >= 0.3 is 0 Å². The number of hydrogen-bond acceptors (Lipinski definition) is 9. The van der Waals surface area contributed by atoms with Gasteiger partial charge in [-0.2, -0.15) is 5.26 Å². The van der Waals surface area contributed by atoms with Crippen LogP contribution in [0, 0.1) is 11.3 Å². The Labute approximate surface area is 256 Å². The second-order valence-electron chi connectivity index (χ2n) is 13.3. The van der Waals surface area contributed by atoms with Crippen LogP contribution in [0.2, 0.25) is 18.1 Å². The maximum atomic E-state index is 12.7. The van der Waals surface area contributed by atoms with Gasteiger partial charge in [0.25, 0.3) is 0 Å². The largest absolute Gasteiger partial charge is 0.489 e. The normalized spacial score (nSPS) is 16.7. The Bertz CT molecular complexity index is 1580. The van der Waals surface area contributed by atoms with E-state index in [2.05, 4.69) is 68.5 Å². The van der Waals surface area contributed by atoms with Crippen LogP contribution in [0.5, 0.6) is 5.75 Å². The zero-order valence-corrected chi connectivity index (χ0v) is 28.7. The van der Waals surface area contributed by atoms with Gasteiger partial charge in [-0.1, -0.05) is 27.7 Å². The highest BCUT2D eigenvalue weighted by atomic mass is 31.2. The van der Waals surface area contributed by atoms with E-state index in [1.165, 1.54) is 0 Å². The standard InChI is InChI=1S/C32H44N5O4PSi/c1-31(2,3)43(8,9)41-21-32(4)20-35-29-23(19-33)16-22(17-25(29)32)26-12-13-34-30(36-26)37-27-11-10-24(42(6,7)38)18-28(27)40-15-14-39-5/h10-13,16-18,35H,14-15,20-21H2,1-9H3,(H,34,36,37)/t32-/m1/s1. The van der Waals surface area contributed by atoms with Gasteiger partial charge in [-0.15, -0.1) is 0 Å². The molecule has 9 nitrogen and oxygen atoms in total. The van der Waals surface area contributed by atoms with Crippen molar-refractivity contribution in [3.05, 3.63) is 53.7 Å². The minimum absolute atomic E-state index is 0.101. The van der Waals surface area contributed by atoms with Crippen molar-refractivity contribution in [3.8, 4) is 23.1 Å². The fraction of sp³-hybridized carbons (Fsp3) is 0.469. The summed E-state index contributed by atoms with van der Waals surface area (Å²) in [4.78, 5) is 9.24. The molecule has 0 fully saturated rings. The van der Waals surface area contributed by atoms with Crippen molar-refractivity contribution in [3.63, 3.8) is 0 Å². The van der Waals surface area contributed by atoms with E-state index in [-0.39, 0.29) is 10.5 Å². The summed E-state index contributed by atoms with van der Waals surface area (Å²) in [5.74, 6) is 0.916. The molecule has 2 heterocycles. The zero-order valence-electron chi connectivity index (χ0n) is 26.8. The van der Waals surface area contributed by atoms with Crippen LogP contribution in [0.15, 0.2) is 42.6 Å². The fourth-order valence-corrected chi connectivity index (χ4v) is 6.59. The average Bonchev–Trinajstić information content (AvgIpc) is 3.28. The molecule has 1 aromatic heterocycles. The first kappa shape index (κ1) is 32.7. The number of anilines is 3. The Balaban J connectivity index is 1.67. The topological polar surface area (TPSA) is 118 Å². The Morgan fingerprint density at radius 3 is 2.56 bits per heavy atom. The summed E-state index contributed by atoms with van der Waals surface area (Å²) in [6, 6.07) is 13.6. The first-order chi connectivity index (χ1) is 20.1. The van der Waals surface area contributed by atoms with Gasteiger partial charge in [0.2, 0.25) is 5.95 Å². The molecule has 4 rings (SSSR count). The van der Waals surface area contributed by atoms with E-state index in [4.69, 9.17) is 18.9 Å². The Morgan fingerprint density at radius 2 is 1.91 bits per heavy atom. The third kappa shape index (κ3) is 7.30. The molecule has 2 aromatic carbocycles. The summed E-state index contributed by atoms with van der Waals surface area (Å²) >= 11 is 0. The van der Waals surface area contributed by atoms with E-state index in [0.717, 1.165) is 22.1 Å². The SMILES string of the molecule is COCCOc1cc(P(C)(C)=O)ccc1Nc1nccc(-c2cc(C#N)c3c(c2)[C@@](C)(CO[Si](C)(C)C(C)(C)C)CN3)n1. The van der Waals surface area contributed by atoms with Crippen molar-refractivity contribution in [2.45, 2.75) is 51.2 Å². The van der Waals surface area contributed by atoms with Gasteiger partial charge in [0.1, 0.15) is 25.6 Å². The van der Waals surface area contributed by atoms with Crippen LogP contribution < -0.4 is 20.7 Å². The van der Waals surface area contributed by atoms with E-state index < -0.39 is 15.5 Å². The number of methoxy groups -OCH3 is 1. The first-order valence-corrected chi connectivity index (χ1v) is 20.0. The minimum Gasteiger partial charge on any atom is -0.489 e. The molecule has 230 valence electrons. The van der Waals surface area contributed by atoms with Gasteiger partial charge < -0.3 is 29.1 Å². The lowest BCUT2D eigenvalue weighted by Gasteiger charge is -2.39. The van der Waals surface area contributed by atoms with Crippen molar-refractivity contribution >= 4 is 38.1 Å². The summed E-state index contributed by atoms with van der Waals surface area (Å²) in [7, 11) is -2.85. The Hall–Kier alpha value is -3.22. The molecule has 0 aliphatic carbocycles. The maximum absolute atomic E-state index is 12.7. The molecular weight excluding hydrogens is 577 g/mol. The molecule has 0 amide bonds. The number of nitrogens with one attached hydrogen (secondary N) is 2. The van der Waals surface area contributed by atoms with Gasteiger partial charge in [-0.05, 0) is 73.4 Å². The number of aromatic nitrogens is 2. The van der Waals surface area contributed by atoms with Crippen molar-refractivity contribution in [1.82, 2.24) is 9.97 Å². The van der Waals surface area contributed by atoms with Gasteiger partial charge in [-0.25, -0.2) is 9.97 Å². The van der Waals surface area contributed by atoms with Crippen LogP contribution in [0.3, 0.4) is 0 Å². The second-order valence-corrected chi connectivity index (χ2v) is 21.3. The molecule has 3 aromatic rings. The predicted molar refractivity (Wildman–Crippen MR) is 177 cm³/mol. The number of rotatable bonds is 11. The average molecular weight is 622 g/mol. The quantitative estimate of drug-likeness (QED) is 0.136. The highest BCUT2D eigenvalue weighted by Crippen LogP contribution is 2.44. The van der Waals surface area contributed by atoms with Crippen molar-refractivity contribution in [2.75, 3.05) is 57.4 Å². The predicted octanol–water partition coefficient (Wildman–Crippen LogP) is 6.74. The van der Waals surface area contributed by atoms with Gasteiger partial charge in [0.15, 0.2) is 8.32 Å². The molecular formula is C32H44N5O4PSi. The van der Waals surface area contributed by atoms with Gasteiger partial charge in [0.05, 0.1) is 29.2 Å². The highest BCUT2D eigenvalue weighted by molar-refractivity contribution is 7.70. The molecule has 0 spiro atoms. The molecule has 43 heavy (non-hydrogen) atoms. The smallest absolute Gasteiger partial charge is 0.227 e. The summed E-state index contributed by atoms with van der Waals surface area (Å²) < 4.78 is 30.5. The molecule has 1 atom stereocenters. The van der Waals surface area contributed by atoms with E-state index in [0.29, 0.717) is 55.0 Å². The number of fused-ring (bicyclic) bond motifs is 1. The first-order valence-electron chi connectivity index (χ1n) is 14.5. The molecule has 0 saturated carbocycles. The van der Waals surface area contributed by atoms with E-state index >= 15 is 0 Å². The lowest BCUT2D eigenvalue weighted by molar-refractivity contribution is 0.147. The molecule has 0 radical (unpaired) electrons. The monoisotopic (exact) mass is 621 g/mol. The van der Waals surface area contributed by atoms with Crippen LogP contribution in [0.1, 0.15) is 38.8 Å². The number of nitriles is 1. The summed E-state index contributed by atoms with van der Waals surface area (Å²) in [6.07, 6.45) is 1.69. The van der Waals surface area contributed by atoms with Crippen molar-refractivity contribution in [2.24, 2.45) is 0 Å². The third-order valence-electron chi connectivity index (χ3n) is 8.45. The minimum atomic E-state index is -2.49. The van der Waals surface area contributed by atoms with Crippen molar-refractivity contribution < 1.29 is 18.5 Å². The molecule has 1 aliphatic heterocycles. The van der Waals surface area contributed by atoms with Crippen LogP contribution >= 0.6 is 7.14 Å². The second kappa shape index (κ2) is 12.4. The zero-order chi connectivity index (χ0) is 31.6. The highest BCUT2D eigenvalue weighted by Gasteiger charge is 2.42. The van der Waals surface area contributed by atoms with Crippen LogP contribution in [-0.2, 0) is 19.1 Å². The van der Waals surface area contributed by atoms with E-state index in [9.17, 15) is 9.83 Å². The van der Waals surface area contributed by atoms with Crippen LogP contribution in [-0.4, -0.2) is 65.1 Å². The van der Waals surface area contributed by atoms with E-state index in [1.54, 1.807) is 32.7 Å². The van der Waals surface area contributed by atoms with E-state index in [1.807, 2.05) is 24.3 Å². The number of benzene rings is 2. The molecule has 2 N–H and O–H groups in total. The molecule has 11 heteroatoms. The Kier molecular flexibility index (Phi) is 9.43. The number of hydrogen-bond donors (Lipinski definition) is 2. The van der Waals surface area contributed by atoms with Crippen LogP contribution in [0.4, 0.5) is 17.3 Å².